The molecule has 140 valence electrons. The third-order valence-corrected chi connectivity index (χ3v) is 3.81. The molecule has 0 atom stereocenters. The highest BCUT2D eigenvalue weighted by molar-refractivity contribution is 6.06. The fraction of sp³-hybridized carbons (Fsp3) is 0.211. The van der Waals surface area contributed by atoms with Crippen molar-refractivity contribution in [3.8, 4) is 0 Å². The van der Waals surface area contributed by atoms with Gasteiger partial charge in [0.05, 0.1) is 5.52 Å². The predicted octanol–water partition coefficient (Wildman–Crippen LogP) is 3.25. The number of rotatable bonds is 5. The second-order valence-corrected chi connectivity index (χ2v) is 6.43. The number of imidazole rings is 1. The quantitative estimate of drug-likeness (QED) is 0.722. The molecule has 1 aromatic carbocycles. The highest BCUT2D eigenvalue weighted by Crippen LogP contribution is 2.17. The highest BCUT2D eigenvalue weighted by Gasteiger charge is 2.21. The molecule has 3 rings (SSSR count). The average Bonchev–Trinajstić information content (AvgIpc) is 3.02. The van der Waals surface area contributed by atoms with Gasteiger partial charge in [0, 0.05) is 24.5 Å². The number of aromatic nitrogens is 2. The van der Waals surface area contributed by atoms with Crippen LogP contribution in [-0.4, -0.2) is 27.7 Å². The fourth-order valence-electron chi connectivity index (χ4n) is 2.51. The molecule has 0 aliphatic carbocycles. The summed E-state index contributed by atoms with van der Waals surface area (Å²) in [5.74, 6) is -2.90. The number of nitrogens with one attached hydrogen (secondary N) is 2. The molecule has 0 saturated heterocycles. The van der Waals surface area contributed by atoms with Gasteiger partial charge in [-0.15, -0.1) is 0 Å². The minimum atomic E-state index is -1.07. The number of hydrogen-bond acceptors (Lipinski definition) is 3. The SMILES string of the molecule is CC(C)CNC(=O)c1nc(C(=O)Nc2ccc(F)c(F)c2)n2ccccc12. The van der Waals surface area contributed by atoms with Crippen LogP contribution in [0.3, 0.4) is 0 Å². The van der Waals surface area contributed by atoms with Crippen LogP contribution in [0.2, 0.25) is 0 Å². The van der Waals surface area contributed by atoms with Gasteiger partial charge in [-0.05, 0) is 30.2 Å². The van der Waals surface area contributed by atoms with Gasteiger partial charge in [0.15, 0.2) is 17.3 Å². The molecule has 0 aliphatic heterocycles. The van der Waals surface area contributed by atoms with Crippen LogP contribution in [0.5, 0.6) is 0 Å². The van der Waals surface area contributed by atoms with Crippen LogP contribution in [0.1, 0.15) is 35.0 Å². The van der Waals surface area contributed by atoms with Crippen molar-refractivity contribution >= 4 is 23.0 Å². The lowest BCUT2D eigenvalue weighted by atomic mass is 10.2. The monoisotopic (exact) mass is 372 g/mol. The summed E-state index contributed by atoms with van der Waals surface area (Å²) in [6, 6.07) is 8.12. The van der Waals surface area contributed by atoms with E-state index in [-0.39, 0.29) is 29.0 Å². The number of benzene rings is 1. The summed E-state index contributed by atoms with van der Waals surface area (Å²) in [6.07, 6.45) is 1.60. The molecule has 27 heavy (non-hydrogen) atoms. The normalized spacial score (nSPS) is 11.0. The first kappa shape index (κ1) is 18.5. The van der Waals surface area contributed by atoms with Gasteiger partial charge in [0.25, 0.3) is 11.8 Å². The van der Waals surface area contributed by atoms with E-state index in [4.69, 9.17) is 0 Å². The topological polar surface area (TPSA) is 75.5 Å². The third kappa shape index (κ3) is 3.94. The Balaban J connectivity index is 1.93. The molecule has 0 aliphatic rings. The van der Waals surface area contributed by atoms with E-state index in [0.717, 1.165) is 12.1 Å². The summed E-state index contributed by atoms with van der Waals surface area (Å²) < 4.78 is 27.9. The van der Waals surface area contributed by atoms with Crippen LogP contribution in [0, 0.1) is 17.6 Å². The van der Waals surface area contributed by atoms with E-state index in [1.807, 2.05) is 13.8 Å². The number of carbonyl (C=O) groups excluding carboxylic acids is 2. The molecule has 2 N–H and O–H groups in total. The van der Waals surface area contributed by atoms with Crippen molar-refractivity contribution in [3.05, 3.63) is 65.7 Å². The van der Waals surface area contributed by atoms with Crippen LogP contribution in [-0.2, 0) is 0 Å². The maximum Gasteiger partial charge on any atom is 0.292 e. The number of amides is 2. The Morgan fingerprint density at radius 3 is 2.59 bits per heavy atom. The van der Waals surface area contributed by atoms with Crippen molar-refractivity contribution in [3.63, 3.8) is 0 Å². The summed E-state index contributed by atoms with van der Waals surface area (Å²) in [7, 11) is 0. The minimum Gasteiger partial charge on any atom is -0.350 e. The van der Waals surface area contributed by atoms with Crippen molar-refractivity contribution < 1.29 is 18.4 Å². The van der Waals surface area contributed by atoms with Crippen molar-refractivity contribution in [2.75, 3.05) is 11.9 Å². The number of carbonyl (C=O) groups is 2. The molecule has 3 aromatic rings. The van der Waals surface area contributed by atoms with Crippen LogP contribution >= 0.6 is 0 Å². The van der Waals surface area contributed by atoms with Gasteiger partial charge in [-0.2, -0.15) is 0 Å². The van der Waals surface area contributed by atoms with Crippen molar-refractivity contribution in [2.45, 2.75) is 13.8 Å². The Labute approximate surface area is 154 Å². The van der Waals surface area contributed by atoms with Gasteiger partial charge in [0.2, 0.25) is 5.82 Å². The first-order valence-corrected chi connectivity index (χ1v) is 8.38. The molecule has 6 nitrogen and oxygen atoms in total. The Hall–Kier alpha value is -3.29. The molecule has 0 spiro atoms. The lowest BCUT2D eigenvalue weighted by Gasteiger charge is -2.05. The highest BCUT2D eigenvalue weighted by atomic mass is 19.2. The largest absolute Gasteiger partial charge is 0.350 e. The molecule has 2 amide bonds. The Morgan fingerprint density at radius 2 is 1.89 bits per heavy atom. The standard InChI is InChI=1S/C19H18F2N4O2/c1-11(2)10-22-18(26)16-15-5-3-4-8-25(15)17(24-16)19(27)23-12-6-7-13(20)14(21)9-12/h3-9,11H,10H2,1-2H3,(H,22,26)(H,23,27). The van der Waals surface area contributed by atoms with E-state index in [0.29, 0.717) is 12.1 Å². The Kier molecular flexibility index (Phi) is 5.16. The van der Waals surface area contributed by atoms with Crippen LogP contribution < -0.4 is 10.6 Å². The molecule has 0 unspecified atom stereocenters. The van der Waals surface area contributed by atoms with Crippen LogP contribution in [0.25, 0.3) is 5.52 Å². The predicted molar refractivity (Wildman–Crippen MR) is 96.7 cm³/mol. The van der Waals surface area contributed by atoms with E-state index in [1.54, 1.807) is 24.4 Å². The zero-order chi connectivity index (χ0) is 19.6. The number of anilines is 1. The number of fused-ring (bicyclic) bond motifs is 1. The first-order valence-electron chi connectivity index (χ1n) is 8.38. The molecule has 0 fully saturated rings. The number of pyridine rings is 1. The molecule has 2 aromatic heterocycles. The van der Waals surface area contributed by atoms with Gasteiger partial charge < -0.3 is 10.6 Å². The second-order valence-electron chi connectivity index (χ2n) is 6.43. The van der Waals surface area contributed by atoms with Crippen molar-refractivity contribution in [2.24, 2.45) is 5.92 Å². The van der Waals surface area contributed by atoms with Gasteiger partial charge in [-0.1, -0.05) is 19.9 Å². The average molecular weight is 372 g/mol. The zero-order valence-electron chi connectivity index (χ0n) is 14.8. The Bertz CT molecular complexity index is 1010. The second kappa shape index (κ2) is 7.53. The molecule has 0 bridgehead atoms. The van der Waals surface area contributed by atoms with Crippen molar-refractivity contribution in [1.29, 1.82) is 0 Å². The molecule has 2 heterocycles. The van der Waals surface area contributed by atoms with E-state index in [9.17, 15) is 18.4 Å². The number of halogens is 2. The van der Waals surface area contributed by atoms with Crippen LogP contribution in [0.15, 0.2) is 42.6 Å². The molecule has 0 radical (unpaired) electrons. The van der Waals surface area contributed by atoms with E-state index in [2.05, 4.69) is 15.6 Å². The smallest absolute Gasteiger partial charge is 0.292 e. The summed E-state index contributed by atoms with van der Waals surface area (Å²) >= 11 is 0. The van der Waals surface area contributed by atoms with Gasteiger partial charge >= 0.3 is 0 Å². The summed E-state index contributed by atoms with van der Waals surface area (Å²) in [6.45, 7) is 4.40. The van der Waals surface area contributed by atoms with Crippen LogP contribution in [0.4, 0.5) is 14.5 Å². The van der Waals surface area contributed by atoms with E-state index >= 15 is 0 Å². The first-order chi connectivity index (χ1) is 12.9. The summed E-state index contributed by atoms with van der Waals surface area (Å²) in [5, 5.41) is 5.23. The molecular formula is C19H18F2N4O2. The Morgan fingerprint density at radius 1 is 1.11 bits per heavy atom. The lowest BCUT2D eigenvalue weighted by Crippen LogP contribution is -2.27. The maximum absolute atomic E-state index is 13.3. The van der Waals surface area contributed by atoms with E-state index in [1.165, 1.54) is 10.5 Å². The summed E-state index contributed by atoms with van der Waals surface area (Å²) in [5.41, 5.74) is 0.665. The van der Waals surface area contributed by atoms with Gasteiger partial charge in [-0.3, -0.25) is 14.0 Å². The summed E-state index contributed by atoms with van der Waals surface area (Å²) in [4.78, 5) is 29.2. The van der Waals surface area contributed by atoms with Crippen molar-refractivity contribution in [1.82, 2.24) is 14.7 Å². The van der Waals surface area contributed by atoms with Gasteiger partial charge in [0.1, 0.15) is 0 Å². The van der Waals surface area contributed by atoms with E-state index < -0.39 is 17.5 Å². The van der Waals surface area contributed by atoms with Gasteiger partial charge in [-0.25, -0.2) is 13.8 Å². The molecule has 8 heteroatoms. The maximum atomic E-state index is 13.3. The lowest BCUT2D eigenvalue weighted by molar-refractivity contribution is 0.0946. The zero-order valence-corrected chi connectivity index (χ0v) is 14.8. The fourth-order valence-corrected chi connectivity index (χ4v) is 2.51. The minimum absolute atomic E-state index is 0.0370. The number of hydrogen-bond donors (Lipinski definition) is 2. The molecular weight excluding hydrogens is 354 g/mol. The third-order valence-electron chi connectivity index (χ3n) is 3.81. The number of nitrogens with zero attached hydrogens (tertiary/aromatic N) is 2. The molecule has 0 saturated carbocycles.